The van der Waals surface area contributed by atoms with E-state index in [1.165, 1.54) is 6.33 Å². The summed E-state index contributed by atoms with van der Waals surface area (Å²) in [6, 6.07) is 0.387. The molecule has 0 spiro atoms. The average Bonchev–Trinajstić information content (AvgIpc) is 2.52. The van der Waals surface area contributed by atoms with Gasteiger partial charge < -0.3 is 15.7 Å². The lowest BCUT2D eigenvalue weighted by Crippen LogP contribution is -2.50. The Balaban J connectivity index is 1.84. The molecule has 0 aromatic carbocycles. The number of nitrogens with one attached hydrogen (secondary N) is 2. The van der Waals surface area contributed by atoms with E-state index in [1.54, 1.807) is 12.3 Å². The van der Waals surface area contributed by atoms with Crippen LogP contribution in [0.4, 0.5) is 4.79 Å². The number of aliphatic carboxylic acids is 1. The highest BCUT2D eigenvalue weighted by Crippen LogP contribution is 2.26. The van der Waals surface area contributed by atoms with E-state index in [-0.39, 0.29) is 12.5 Å². The minimum atomic E-state index is -0.973. The molecule has 2 rings (SSSR count). The Hall–Kier alpha value is -2.18. The van der Waals surface area contributed by atoms with Crippen LogP contribution in [0.25, 0.3) is 0 Å². The molecule has 1 unspecified atom stereocenters. The van der Waals surface area contributed by atoms with Gasteiger partial charge in [-0.3, -0.25) is 0 Å². The highest BCUT2D eigenvalue weighted by molar-refractivity contribution is 5.82. The fourth-order valence-electron chi connectivity index (χ4n) is 2.63. The zero-order chi connectivity index (χ0) is 15.1. The predicted molar refractivity (Wildman–Crippen MR) is 75.4 cm³/mol. The van der Waals surface area contributed by atoms with Crippen molar-refractivity contribution in [2.45, 2.75) is 44.7 Å². The highest BCUT2D eigenvalue weighted by atomic mass is 16.4. The van der Waals surface area contributed by atoms with E-state index in [0.717, 1.165) is 32.1 Å². The Morgan fingerprint density at radius 2 is 2.10 bits per heavy atom. The van der Waals surface area contributed by atoms with Gasteiger partial charge >= 0.3 is 12.0 Å². The minimum absolute atomic E-state index is 0.0149. The summed E-state index contributed by atoms with van der Waals surface area (Å²) in [5.74, 6) is -0.958. The molecule has 0 bridgehead atoms. The minimum Gasteiger partial charge on any atom is -0.480 e. The average molecular weight is 292 g/mol. The molecule has 2 amide bonds. The molecule has 7 heteroatoms. The maximum absolute atomic E-state index is 11.8. The van der Waals surface area contributed by atoms with Crippen molar-refractivity contribution in [2.75, 3.05) is 0 Å². The lowest BCUT2D eigenvalue weighted by Gasteiger charge is -2.28. The normalized spacial score (nSPS) is 17.0. The number of carbonyl (C=O) groups excluding carboxylic acids is 1. The summed E-state index contributed by atoms with van der Waals surface area (Å²) >= 11 is 0. The first-order chi connectivity index (χ1) is 10.2. The molecular formula is C14H20N4O3. The third-order valence-electron chi connectivity index (χ3n) is 3.75. The molecule has 1 fully saturated rings. The van der Waals surface area contributed by atoms with Crippen molar-refractivity contribution in [3.05, 3.63) is 24.3 Å². The van der Waals surface area contributed by atoms with Crippen LogP contribution in [0.15, 0.2) is 18.6 Å². The van der Waals surface area contributed by atoms with Crippen LogP contribution in [-0.2, 0) is 11.3 Å². The Morgan fingerprint density at radius 3 is 2.71 bits per heavy atom. The van der Waals surface area contributed by atoms with E-state index in [0.29, 0.717) is 5.69 Å². The van der Waals surface area contributed by atoms with Gasteiger partial charge in [0.15, 0.2) is 0 Å². The smallest absolute Gasteiger partial charge is 0.326 e. The topological polar surface area (TPSA) is 104 Å². The number of urea groups is 1. The molecule has 1 aromatic heterocycles. The number of nitrogens with zero attached hydrogens (tertiary/aromatic N) is 2. The van der Waals surface area contributed by atoms with Crippen molar-refractivity contribution < 1.29 is 14.7 Å². The van der Waals surface area contributed by atoms with Gasteiger partial charge in [-0.1, -0.05) is 19.3 Å². The van der Waals surface area contributed by atoms with Gasteiger partial charge in [0, 0.05) is 6.20 Å². The quantitative estimate of drug-likeness (QED) is 0.759. The number of amides is 2. The second-order valence-corrected chi connectivity index (χ2v) is 5.24. The molecule has 3 N–H and O–H groups in total. The summed E-state index contributed by atoms with van der Waals surface area (Å²) in [6.07, 6.45) is 7.88. The first-order valence-corrected chi connectivity index (χ1v) is 7.19. The molecule has 0 saturated heterocycles. The summed E-state index contributed by atoms with van der Waals surface area (Å²) in [4.78, 5) is 31.0. The number of rotatable bonds is 5. The number of aromatic nitrogens is 2. The third kappa shape index (κ3) is 4.70. The predicted octanol–water partition coefficient (Wildman–Crippen LogP) is 1.31. The Kier molecular flexibility index (Phi) is 5.48. The largest absolute Gasteiger partial charge is 0.480 e. The van der Waals surface area contributed by atoms with E-state index in [2.05, 4.69) is 20.6 Å². The molecule has 1 heterocycles. The molecular weight excluding hydrogens is 272 g/mol. The van der Waals surface area contributed by atoms with Crippen LogP contribution in [0.1, 0.15) is 37.8 Å². The van der Waals surface area contributed by atoms with Gasteiger partial charge in [-0.15, -0.1) is 0 Å². The zero-order valence-corrected chi connectivity index (χ0v) is 11.8. The maximum atomic E-state index is 11.8. The van der Waals surface area contributed by atoms with Crippen LogP contribution < -0.4 is 10.6 Å². The molecule has 114 valence electrons. The molecule has 0 radical (unpaired) electrons. The lowest BCUT2D eigenvalue weighted by atomic mass is 9.84. The summed E-state index contributed by atoms with van der Waals surface area (Å²) in [6.45, 7) is 0.241. The van der Waals surface area contributed by atoms with E-state index in [9.17, 15) is 14.7 Å². The van der Waals surface area contributed by atoms with E-state index in [1.807, 2.05) is 0 Å². The zero-order valence-electron chi connectivity index (χ0n) is 11.8. The van der Waals surface area contributed by atoms with Crippen LogP contribution >= 0.6 is 0 Å². The van der Waals surface area contributed by atoms with Crippen molar-refractivity contribution in [3.8, 4) is 0 Å². The second-order valence-electron chi connectivity index (χ2n) is 5.24. The first-order valence-electron chi connectivity index (χ1n) is 7.19. The first kappa shape index (κ1) is 15.2. The van der Waals surface area contributed by atoms with Gasteiger partial charge in [-0.05, 0) is 24.8 Å². The SMILES string of the molecule is O=C(NCc1ccncn1)NC(C(=O)O)C1CCCCC1. The summed E-state index contributed by atoms with van der Waals surface area (Å²) in [7, 11) is 0. The fourth-order valence-corrected chi connectivity index (χ4v) is 2.63. The second kappa shape index (κ2) is 7.56. The number of carboxylic acid groups (broad SMARTS) is 1. The van der Waals surface area contributed by atoms with Gasteiger partial charge in [0.1, 0.15) is 12.4 Å². The van der Waals surface area contributed by atoms with Gasteiger partial charge in [-0.25, -0.2) is 19.6 Å². The highest BCUT2D eigenvalue weighted by Gasteiger charge is 2.30. The number of hydrogen-bond donors (Lipinski definition) is 3. The van der Waals surface area contributed by atoms with Crippen molar-refractivity contribution in [3.63, 3.8) is 0 Å². The van der Waals surface area contributed by atoms with Crippen molar-refractivity contribution in [1.82, 2.24) is 20.6 Å². The van der Waals surface area contributed by atoms with Gasteiger partial charge in [0.25, 0.3) is 0 Å². The van der Waals surface area contributed by atoms with Gasteiger partial charge in [-0.2, -0.15) is 0 Å². The van der Waals surface area contributed by atoms with Crippen molar-refractivity contribution in [1.29, 1.82) is 0 Å². The van der Waals surface area contributed by atoms with E-state index in [4.69, 9.17) is 0 Å². The van der Waals surface area contributed by atoms with Gasteiger partial charge in [0.05, 0.1) is 12.2 Å². The maximum Gasteiger partial charge on any atom is 0.326 e. The van der Waals surface area contributed by atoms with Crippen LogP contribution in [0.5, 0.6) is 0 Å². The third-order valence-corrected chi connectivity index (χ3v) is 3.75. The number of carbonyl (C=O) groups is 2. The molecule has 0 aliphatic heterocycles. The molecule has 1 aliphatic carbocycles. The van der Waals surface area contributed by atoms with Crippen LogP contribution in [0, 0.1) is 5.92 Å². The fraction of sp³-hybridized carbons (Fsp3) is 0.571. The Labute approximate surface area is 123 Å². The lowest BCUT2D eigenvalue weighted by molar-refractivity contribution is -0.141. The van der Waals surface area contributed by atoms with E-state index >= 15 is 0 Å². The monoisotopic (exact) mass is 292 g/mol. The standard InChI is InChI=1S/C14H20N4O3/c19-13(20)12(10-4-2-1-3-5-10)18-14(21)16-8-11-6-7-15-9-17-11/h6-7,9-10,12H,1-5,8H2,(H,19,20)(H2,16,18,21). The molecule has 1 aliphatic rings. The number of hydrogen-bond acceptors (Lipinski definition) is 4. The van der Waals surface area contributed by atoms with Crippen molar-refractivity contribution in [2.24, 2.45) is 5.92 Å². The summed E-state index contributed by atoms with van der Waals surface area (Å²) < 4.78 is 0. The Morgan fingerprint density at radius 1 is 1.33 bits per heavy atom. The molecule has 1 aromatic rings. The molecule has 21 heavy (non-hydrogen) atoms. The van der Waals surface area contributed by atoms with E-state index < -0.39 is 18.0 Å². The number of carboxylic acids is 1. The molecule has 1 saturated carbocycles. The van der Waals surface area contributed by atoms with Crippen LogP contribution in [0.2, 0.25) is 0 Å². The van der Waals surface area contributed by atoms with Crippen LogP contribution in [-0.4, -0.2) is 33.1 Å². The van der Waals surface area contributed by atoms with Gasteiger partial charge in [0.2, 0.25) is 0 Å². The molecule has 1 atom stereocenters. The Bertz CT molecular complexity index is 474. The molecule has 7 nitrogen and oxygen atoms in total. The summed E-state index contributed by atoms with van der Waals surface area (Å²) in [5, 5.41) is 14.5. The van der Waals surface area contributed by atoms with Crippen LogP contribution in [0.3, 0.4) is 0 Å². The summed E-state index contributed by atoms with van der Waals surface area (Å²) in [5.41, 5.74) is 0.671. The van der Waals surface area contributed by atoms with Crippen molar-refractivity contribution >= 4 is 12.0 Å².